The quantitative estimate of drug-likeness (QED) is 0.840. The molecule has 108 valence electrons. The predicted molar refractivity (Wildman–Crippen MR) is 82.1 cm³/mol. The molecule has 0 saturated heterocycles. The van der Waals surface area contributed by atoms with Crippen LogP contribution in [0.2, 0.25) is 0 Å². The average Bonchev–Trinajstić information content (AvgIpc) is 2.39. The number of fused-ring (bicyclic) bond motifs is 1. The molecule has 2 aromatic rings. The number of phenolic OH excluding ortho intramolecular Hbond substituents is 2. The molecular weight excluding hydrogens is 252 g/mol. The van der Waals surface area contributed by atoms with Crippen molar-refractivity contribution in [3.05, 3.63) is 35.4 Å². The Balaban J connectivity index is 2.74. The maximum absolute atomic E-state index is 10.3. The molecule has 2 aromatic carbocycles. The molecule has 2 rings (SSSR count). The second-order valence-corrected chi connectivity index (χ2v) is 5.68. The fourth-order valence-corrected chi connectivity index (χ4v) is 2.50. The SMILES string of the molecule is CN(C)Cc1c(O)c(O)c(CN(C)C)c2ccccc12. The average molecular weight is 274 g/mol. The van der Waals surface area contributed by atoms with Crippen molar-refractivity contribution in [1.82, 2.24) is 9.80 Å². The second-order valence-electron chi connectivity index (χ2n) is 5.68. The van der Waals surface area contributed by atoms with Gasteiger partial charge in [-0.3, -0.25) is 0 Å². The van der Waals surface area contributed by atoms with Crippen LogP contribution in [0.1, 0.15) is 11.1 Å². The third-order valence-electron chi connectivity index (χ3n) is 3.32. The molecule has 20 heavy (non-hydrogen) atoms. The highest BCUT2D eigenvalue weighted by Crippen LogP contribution is 2.41. The summed E-state index contributed by atoms with van der Waals surface area (Å²) in [5, 5.41) is 22.7. The highest BCUT2D eigenvalue weighted by atomic mass is 16.3. The largest absolute Gasteiger partial charge is 0.504 e. The monoisotopic (exact) mass is 274 g/mol. The second kappa shape index (κ2) is 5.69. The molecule has 4 nitrogen and oxygen atoms in total. The molecule has 0 atom stereocenters. The minimum Gasteiger partial charge on any atom is -0.504 e. The van der Waals surface area contributed by atoms with Gasteiger partial charge in [0, 0.05) is 24.2 Å². The number of phenols is 2. The van der Waals surface area contributed by atoms with Crippen molar-refractivity contribution < 1.29 is 10.2 Å². The van der Waals surface area contributed by atoms with Gasteiger partial charge in [0.15, 0.2) is 11.5 Å². The Morgan fingerprint density at radius 1 is 0.750 bits per heavy atom. The lowest BCUT2D eigenvalue weighted by atomic mass is 9.96. The van der Waals surface area contributed by atoms with Crippen LogP contribution in [-0.4, -0.2) is 48.2 Å². The summed E-state index contributed by atoms with van der Waals surface area (Å²) in [4.78, 5) is 3.96. The van der Waals surface area contributed by atoms with Gasteiger partial charge in [-0.05, 0) is 39.0 Å². The van der Waals surface area contributed by atoms with Crippen LogP contribution in [0.3, 0.4) is 0 Å². The Morgan fingerprint density at radius 3 is 1.40 bits per heavy atom. The van der Waals surface area contributed by atoms with E-state index in [1.165, 1.54) is 0 Å². The molecule has 0 aliphatic carbocycles. The van der Waals surface area contributed by atoms with Crippen molar-refractivity contribution >= 4 is 10.8 Å². The summed E-state index contributed by atoms with van der Waals surface area (Å²) >= 11 is 0. The molecule has 0 fully saturated rings. The van der Waals surface area contributed by atoms with E-state index >= 15 is 0 Å². The Labute approximate surface area is 119 Å². The number of rotatable bonds is 4. The van der Waals surface area contributed by atoms with E-state index in [2.05, 4.69) is 0 Å². The lowest BCUT2D eigenvalue weighted by Gasteiger charge is -2.20. The van der Waals surface area contributed by atoms with Gasteiger partial charge >= 0.3 is 0 Å². The molecular formula is C16H22N2O2. The Bertz CT molecular complexity index is 567. The van der Waals surface area contributed by atoms with Gasteiger partial charge in [0.1, 0.15) is 0 Å². The fraction of sp³-hybridized carbons (Fsp3) is 0.375. The number of aromatic hydroxyl groups is 2. The fourth-order valence-electron chi connectivity index (χ4n) is 2.50. The lowest BCUT2D eigenvalue weighted by molar-refractivity contribution is 0.357. The van der Waals surface area contributed by atoms with Crippen molar-refractivity contribution in [3.8, 4) is 11.5 Å². The van der Waals surface area contributed by atoms with Gasteiger partial charge in [0.2, 0.25) is 0 Å². The van der Waals surface area contributed by atoms with E-state index in [0.717, 1.165) is 21.9 Å². The predicted octanol–water partition coefficient (Wildman–Crippen LogP) is 2.37. The summed E-state index contributed by atoms with van der Waals surface area (Å²) in [7, 11) is 7.77. The van der Waals surface area contributed by atoms with E-state index in [-0.39, 0.29) is 11.5 Å². The molecule has 0 aliphatic heterocycles. The molecule has 0 aromatic heterocycles. The molecule has 0 unspecified atom stereocenters. The van der Waals surface area contributed by atoms with Crippen molar-refractivity contribution in [2.75, 3.05) is 28.2 Å². The van der Waals surface area contributed by atoms with E-state index in [0.29, 0.717) is 13.1 Å². The first-order valence-corrected chi connectivity index (χ1v) is 6.65. The maximum atomic E-state index is 10.3. The van der Waals surface area contributed by atoms with E-state index in [1.54, 1.807) is 0 Å². The van der Waals surface area contributed by atoms with Crippen molar-refractivity contribution in [2.45, 2.75) is 13.1 Å². The standard InChI is InChI=1S/C16H22N2O2/c1-17(2)9-13-11-7-5-6-8-12(11)14(10-18(3)4)16(20)15(13)19/h5-8,19-20H,9-10H2,1-4H3. The molecule has 0 amide bonds. The molecule has 2 N–H and O–H groups in total. The summed E-state index contributed by atoms with van der Waals surface area (Å²) in [5.74, 6) is -0.0106. The van der Waals surface area contributed by atoms with Crippen molar-refractivity contribution in [2.24, 2.45) is 0 Å². The van der Waals surface area contributed by atoms with Crippen molar-refractivity contribution in [3.63, 3.8) is 0 Å². The van der Waals surface area contributed by atoms with E-state index < -0.39 is 0 Å². The van der Waals surface area contributed by atoms with Crippen LogP contribution in [0.4, 0.5) is 0 Å². The lowest BCUT2D eigenvalue weighted by Crippen LogP contribution is -2.14. The summed E-state index contributed by atoms with van der Waals surface area (Å²) in [6.45, 7) is 1.17. The molecule has 0 aliphatic rings. The van der Waals surface area contributed by atoms with Crippen LogP contribution in [-0.2, 0) is 13.1 Å². The zero-order valence-corrected chi connectivity index (χ0v) is 12.5. The van der Waals surface area contributed by atoms with Crippen LogP contribution < -0.4 is 0 Å². The van der Waals surface area contributed by atoms with Crippen molar-refractivity contribution in [1.29, 1.82) is 0 Å². The van der Waals surface area contributed by atoms with Crippen LogP contribution >= 0.6 is 0 Å². The van der Waals surface area contributed by atoms with Crippen LogP contribution in [0, 0.1) is 0 Å². The van der Waals surface area contributed by atoms with Gasteiger partial charge in [-0.25, -0.2) is 0 Å². The molecule has 0 radical (unpaired) electrons. The number of hydrogen-bond donors (Lipinski definition) is 2. The van der Waals surface area contributed by atoms with Crippen LogP contribution in [0.15, 0.2) is 24.3 Å². The maximum Gasteiger partial charge on any atom is 0.162 e. The Kier molecular flexibility index (Phi) is 4.16. The van der Waals surface area contributed by atoms with E-state index in [1.807, 2.05) is 62.3 Å². The topological polar surface area (TPSA) is 46.9 Å². The summed E-state index contributed by atoms with van der Waals surface area (Å²) in [6, 6.07) is 7.90. The van der Waals surface area contributed by atoms with Gasteiger partial charge in [0.05, 0.1) is 0 Å². The Morgan fingerprint density at radius 2 is 1.10 bits per heavy atom. The number of nitrogens with zero attached hydrogens (tertiary/aromatic N) is 2. The zero-order valence-electron chi connectivity index (χ0n) is 12.5. The Hall–Kier alpha value is -1.78. The molecule has 0 bridgehead atoms. The van der Waals surface area contributed by atoms with E-state index in [4.69, 9.17) is 0 Å². The molecule has 0 heterocycles. The van der Waals surface area contributed by atoms with Gasteiger partial charge in [0.25, 0.3) is 0 Å². The summed E-state index contributed by atoms with van der Waals surface area (Å²) < 4.78 is 0. The minimum atomic E-state index is -0.00532. The first kappa shape index (κ1) is 14.6. The normalized spacial score (nSPS) is 11.7. The highest BCUT2D eigenvalue weighted by Gasteiger charge is 2.18. The third-order valence-corrected chi connectivity index (χ3v) is 3.32. The first-order chi connectivity index (χ1) is 9.41. The van der Waals surface area contributed by atoms with Gasteiger partial charge in [-0.1, -0.05) is 24.3 Å². The summed E-state index contributed by atoms with van der Waals surface area (Å²) in [5.41, 5.74) is 1.54. The number of hydrogen-bond acceptors (Lipinski definition) is 4. The summed E-state index contributed by atoms with van der Waals surface area (Å²) in [6.07, 6.45) is 0. The zero-order chi connectivity index (χ0) is 14.9. The first-order valence-electron chi connectivity index (χ1n) is 6.65. The van der Waals surface area contributed by atoms with E-state index in [9.17, 15) is 10.2 Å². The van der Waals surface area contributed by atoms with Crippen LogP contribution in [0.5, 0.6) is 11.5 Å². The smallest absolute Gasteiger partial charge is 0.162 e. The number of benzene rings is 2. The molecule has 4 heteroatoms. The third kappa shape index (κ3) is 2.71. The van der Waals surface area contributed by atoms with Gasteiger partial charge in [-0.2, -0.15) is 0 Å². The minimum absolute atomic E-state index is 0.00532. The van der Waals surface area contributed by atoms with Crippen LogP contribution in [0.25, 0.3) is 10.8 Å². The van der Waals surface area contributed by atoms with Gasteiger partial charge in [-0.15, -0.1) is 0 Å². The highest BCUT2D eigenvalue weighted by molar-refractivity contribution is 5.93. The molecule has 0 saturated carbocycles. The molecule has 0 spiro atoms. The van der Waals surface area contributed by atoms with Gasteiger partial charge < -0.3 is 20.0 Å².